The van der Waals surface area contributed by atoms with Crippen LogP contribution in [0.5, 0.6) is 0 Å². The maximum absolute atomic E-state index is 10.6. The Hall–Kier alpha value is -1.34. The molecule has 3 nitrogen and oxygen atoms in total. The summed E-state index contributed by atoms with van der Waals surface area (Å²) in [7, 11) is 2.57. The van der Waals surface area contributed by atoms with Gasteiger partial charge in [-0.2, -0.15) is 0 Å². The van der Waals surface area contributed by atoms with Crippen molar-refractivity contribution in [3.63, 3.8) is 0 Å². The smallest absolute Gasteiger partial charge is 0.307 e. The Morgan fingerprint density at radius 1 is 1.43 bits per heavy atom. The second-order valence-electron chi connectivity index (χ2n) is 3.14. The number of aliphatic carboxylic acids is 1. The minimum atomic E-state index is -0.797. The van der Waals surface area contributed by atoms with Gasteiger partial charge in [-0.05, 0) is 27.1 Å². The molecule has 1 heterocycles. The summed E-state index contributed by atoms with van der Waals surface area (Å²) < 4.78 is 1.90. The molecule has 0 saturated heterocycles. The van der Waals surface area contributed by atoms with Crippen molar-refractivity contribution in [1.29, 1.82) is 0 Å². The molecule has 0 saturated carbocycles. The highest BCUT2D eigenvalue weighted by molar-refractivity contribution is 7.14. The molecule has 0 aliphatic rings. The molecular weight excluding hydrogens is 197 g/mol. The Balaban J connectivity index is 2.59. The van der Waals surface area contributed by atoms with Crippen LogP contribution in [-0.2, 0) is 11.2 Å². The molecule has 0 aliphatic heterocycles. The predicted molar refractivity (Wildman–Crippen MR) is 58.4 cm³/mol. The Bertz CT molecular complexity index is 490. The van der Waals surface area contributed by atoms with Gasteiger partial charge < -0.3 is 9.44 Å². The lowest BCUT2D eigenvalue weighted by atomic mass is 10.1. The molecule has 1 aromatic heterocycles. The summed E-state index contributed by atoms with van der Waals surface area (Å²) in [6.07, 6.45) is 1.98. The average molecular weight is 207 g/mol. The normalized spacial score (nSPS) is 10.6. The quantitative estimate of drug-likeness (QED) is 0.764. The maximum atomic E-state index is 10.6. The molecule has 14 heavy (non-hydrogen) atoms. The number of carboxylic acids is 1. The fourth-order valence-electron chi connectivity index (χ4n) is 1.57. The van der Waals surface area contributed by atoms with Crippen molar-refractivity contribution in [2.75, 3.05) is 0 Å². The third-order valence-corrected chi connectivity index (χ3v) is 2.65. The van der Waals surface area contributed by atoms with Crippen LogP contribution in [0, 0.1) is 0 Å². The first-order valence-electron chi connectivity index (χ1n) is 4.24. The summed E-state index contributed by atoms with van der Waals surface area (Å²) in [5.74, 6) is -0.797. The summed E-state index contributed by atoms with van der Waals surface area (Å²) in [5.41, 5.74) is 1.89. The van der Waals surface area contributed by atoms with E-state index in [2.05, 4.69) is 9.39 Å². The van der Waals surface area contributed by atoms with E-state index in [0.717, 1.165) is 16.5 Å². The molecule has 0 bridgehead atoms. The molecule has 0 fully saturated rings. The summed E-state index contributed by atoms with van der Waals surface area (Å²) in [6.45, 7) is 0. The van der Waals surface area contributed by atoms with Crippen molar-refractivity contribution in [2.45, 2.75) is 6.42 Å². The Kier molecular flexibility index (Phi) is 2.26. The molecule has 1 N–H and O–H groups in total. The summed E-state index contributed by atoms with van der Waals surface area (Å²) in [4.78, 5) is 10.6. The van der Waals surface area contributed by atoms with E-state index in [1.165, 1.54) is 0 Å². The van der Waals surface area contributed by atoms with Gasteiger partial charge in [0.1, 0.15) is 0 Å². The number of hydrogen-bond donors (Lipinski definition) is 1. The SMILES string of the molecule is O=C(O)Cc1cccc2c1ccn2P. The highest BCUT2D eigenvalue weighted by Crippen LogP contribution is 2.22. The number of nitrogens with zero attached hydrogens (tertiary/aromatic N) is 1. The fourth-order valence-corrected chi connectivity index (χ4v) is 1.88. The van der Waals surface area contributed by atoms with Crippen LogP contribution in [-0.4, -0.2) is 15.4 Å². The van der Waals surface area contributed by atoms with Crippen LogP contribution in [0.2, 0.25) is 0 Å². The Labute approximate surface area is 83.6 Å². The molecule has 1 aromatic carbocycles. The van der Waals surface area contributed by atoms with Crippen LogP contribution in [0.1, 0.15) is 5.56 Å². The maximum Gasteiger partial charge on any atom is 0.307 e. The van der Waals surface area contributed by atoms with Gasteiger partial charge >= 0.3 is 5.97 Å². The minimum absolute atomic E-state index is 0.0754. The van der Waals surface area contributed by atoms with Gasteiger partial charge in [-0.1, -0.05) is 12.1 Å². The highest BCUT2D eigenvalue weighted by atomic mass is 31.0. The second-order valence-corrected chi connectivity index (χ2v) is 3.70. The van der Waals surface area contributed by atoms with Crippen molar-refractivity contribution in [3.8, 4) is 0 Å². The first kappa shape index (κ1) is 9.22. The molecule has 72 valence electrons. The Morgan fingerprint density at radius 2 is 2.21 bits per heavy atom. The number of carbonyl (C=O) groups is 1. The van der Waals surface area contributed by atoms with Crippen molar-refractivity contribution in [3.05, 3.63) is 36.0 Å². The lowest BCUT2D eigenvalue weighted by Gasteiger charge is -2.00. The van der Waals surface area contributed by atoms with E-state index in [1.807, 2.05) is 34.8 Å². The van der Waals surface area contributed by atoms with Gasteiger partial charge in [0.05, 0.1) is 11.9 Å². The van der Waals surface area contributed by atoms with Crippen LogP contribution in [0.25, 0.3) is 10.9 Å². The predicted octanol–water partition coefficient (Wildman–Crippen LogP) is 1.91. The lowest BCUT2D eigenvalue weighted by molar-refractivity contribution is -0.136. The third-order valence-electron chi connectivity index (χ3n) is 2.20. The van der Waals surface area contributed by atoms with E-state index >= 15 is 0 Å². The van der Waals surface area contributed by atoms with E-state index in [9.17, 15) is 4.79 Å². The molecule has 1 unspecified atom stereocenters. The number of benzene rings is 1. The zero-order valence-electron chi connectivity index (χ0n) is 7.47. The van der Waals surface area contributed by atoms with Gasteiger partial charge in [-0.25, -0.2) is 0 Å². The molecule has 2 aromatic rings. The molecule has 0 spiro atoms. The summed E-state index contributed by atoms with van der Waals surface area (Å²) in [5, 5.41) is 9.73. The van der Waals surface area contributed by atoms with Crippen LogP contribution >= 0.6 is 9.39 Å². The molecule has 0 aliphatic carbocycles. The first-order valence-corrected chi connectivity index (χ1v) is 4.76. The molecule has 2 rings (SSSR count). The van der Waals surface area contributed by atoms with Gasteiger partial charge in [-0.3, -0.25) is 4.79 Å². The highest BCUT2D eigenvalue weighted by Gasteiger charge is 2.06. The van der Waals surface area contributed by atoms with E-state index < -0.39 is 5.97 Å². The molecule has 1 atom stereocenters. The van der Waals surface area contributed by atoms with Gasteiger partial charge in [-0.15, -0.1) is 0 Å². The van der Waals surface area contributed by atoms with Gasteiger partial charge in [0.15, 0.2) is 0 Å². The number of hydrogen-bond acceptors (Lipinski definition) is 1. The molecular formula is C10H10NO2P. The van der Waals surface area contributed by atoms with Gasteiger partial charge in [0.25, 0.3) is 0 Å². The molecule has 0 amide bonds. The van der Waals surface area contributed by atoms with Crippen LogP contribution in [0.15, 0.2) is 30.5 Å². The van der Waals surface area contributed by atoms with Gasteiger partial charge in [0, 0.05) is 11.6 Å². The van der Waals surface area contributed by atoms with Crippen molar-refractivity contribution < 1.29 is 9.90 Å². The van der Waals surface area contributed by atoms with Crippen molar-refractivity contribution in [1.82, 2.24) is 4.34 Å². The largest absolute Gasteiger partial charge is 0.481 e. The van der Waals surface area contributed by atoms with Crippen LogP contribution in [0.3, 0.4) is 0 Å². The zero-order chi connectivity index (χ0) is 10.1. The molecule has 0 radical (unpaired) electrons. The number of aromatic nitrogens is 1. The fraction of sp³-hybridized carbons (Fsp3) is 0.100. The monoisotopic (exact) mass is 207 g/mol. The van der Waals surface area contributed by atoms with E-state index in [1.54, 1.807) is 0 Å². The second kappa shape index (κ2) is 3.43. The minimum Gasteiger partial charge on any atom is -0.481 e. The average Bonchev–Trinajstić information content (AvgIpc) is 2.49. The lowest BCUT2D eigenvalue weighted by Crippen LogP contribution is -2.00. The van der Waals surface area contributed by atoms with E-state index in [-0.39, 0.29) is 6.42 Å². The zero-order valence-corrected chi connectivity index (χ0v) is 8.63. The number of fused-ring (bicyclic) bond motifs is 1. The van der Waals surface area contributed by atoms with E-state index in [0.29, 0.717) is 0 Å². The Morgan fingerprint density at radius 3 is 2.93 bits per heavy atom. The van der Waals surface area contributed by atoms with E-state index in [4.69, 9.17) is 5.11 Å². The number of carboxylic acid groups (broad SMARTS) is 1. The molecule has 4 heteroatoms. The van der Waals surface area contributed by atoms with Crippen molar-refractivity contribution in [2.24, 2.45) is 0 Å². The third kappa shape index (κ3) is 1.51. The summed E-state index contributed by atoms with van der Waals surface area (Å²) in [6, 6.07) is 7.62. The topological polar surface area (TPSA) is 42.2 Å². The van der Waals surface area contributed by atoms with Gasteiger partial charge in [0.2, 0.25) is 0 Å². The van der Waals surface area contributed by atoms with Crippen molar-refractivity contribution >= 4 is 26.3 Å². The summed E-state index contributed by atoms with van der Waals surface area (Å²) >= 11 is 0. The standard InChI is InChI=1S/C10H10NO2P/c12-10(13)6-7-2-1-3-9-8(7)4-5-11(9)14/h1-5H,6,14H2,(H,12,13). The van der Waals surface area contributed by atoms with Crippen LogP contribution in [0.4, 0.5) is 0 Å². The number of rotatable bonds is 2. The van der Waals surface area contributed by atoms with Crippen LogP contribution < -0.4 is 0 Å². The first-order chi connectivity index (χ1) is 6.68.